The molecule has 6 rings (SSSR count). The van der Waals surface area contributed by atoms with Gasteiger partial charge in [-0.2, -0.15) is 0 Å². The highest BCUT2D eigenvalue weighted by molar-refractivity contribution is 7.90. The van der Waals surface area contributed by atoms with Crippen LogP contribution < -0.4 is 9.47 Å². The molecule has 220 valence electrons. The molecule has 1 saturated heterocycles. The second-order valence-corrected chi connectivity index (χ2v) is 12.9. The van der Waals surface area contributed by atoms with Crippen LogP contribution in [-0.4, -0.2) is 85.7 Å². The number of fused-ring (bicyclic) bond motifs is 2. The quantitative estimate of drug-likeness (QED) is 0.242. The van der Waals surface area contributed by atoms with Crippen LogP contribution in [0, 0.1) is 6.92 Å². The van der Waals surface area contributed by atoms with Crippen LogP contribution in [0.1, 0.15) is 5.56 Å². The van der Waals surface area contributed by atoms with Gasteiger partial charge in [0, 0.05) is 74.1 Å². The summed E-state index contributed by atoms with van der Waals surface area (Å²) in [7, 11) is 1.31. The Morgan fingerprint density at radius 3 is 2.29 bits per heavy atom. The number of hydrogen-bond donors (Lipinski definition) is 0. The fourth-order valence-corrected chi connectivity index (χ4v) is 7.29. The molecule has 0 amide bonds. The summed E-state index contributed by atoms with van der Waals surface area (Å²) < 4.78 is 43.3. The molecule has 0 unspecified atom stereocenters. The highest BCUT2D eigenvalue weighted by atomic mass is 35.5. The zero-order chi connectivity index (χ0) is 29.6. The molecular weight excluding hydrogens is 574 g/mol. The van der Waals surface area contributed by atoms with Gasteiger partial charge in [-0.05, 0) is 44.3 Å². The molecule has 1 aliphatic heterocycles. The smallest absolute Gasteiger partial charge is 0.269 e. The summed E-state index contributed by atoms with van der Waals surface area (Å²) in [5, 5.41) is 1.83. The molecule has 0 aliphatic carbocycles. The Morgan fingerprint density at radius 2 is 1.60 bits per heavy atom. The van der Waals surface area contributed by atoms with Crippen LogP contribution >= 0.6 is 11.6 Å². The number of methoxy groups -OCH3 is 2. The van der Waals surface area contributed by atoms with E-state index in [2.05, 4.69) is 26.4 Å². The number of aromatic nitrogens is 3. The van der Waals surface area contributed by atoms with Gasteiger partial charge in [0.1, 0.15) is 0 Å². The third kappa shape index (κ3) is 5.02. The third-order valence-corrected chi connectivity index (χ3v) is 10.1. The van der Waals surface area contributed by atoms with E-state index in [4.69, 9.17) is 21.1 Å². The first-order valence-electron chi connectivity index (χ1n) is 13.9. The number of likely N-dealkylation sites (N-methyl/N-ethyl adjacent to an activating group) is 1. The van der Waals surface area contributed by atoms with Gasteiger partial charge in [0.2, 0.25) is 0 Å². The van der Waals surface area contributed by atoms with Gasteiger partial charge in [-0.25, -0.2) is 17.4 Å². The summed E-state index contributed by atoms with van der Waals surface area (Å²) in [5.41, 5.74) is 3.37. The van der Waals surface area contributed by atoms with Gasteiger partial charge >= 0.3 is 0 Å². The molecule has 2 aromatic carbocycles. The second-order valence-electron chi connectivity index (χ2n) is 10.7. The summed E-state index contributed by atoms with van der Waals surface area (Å²) in [6.45, 7) is 7.59. The summed E-state index contributed by atoms with van der Waals surface area (Å²) in [6, 6.07) is 14.2. The number of halogens is 1. The number of aryl methyl sites for hydroxylation is 1. The predicted octanol–water partition coefficient (Wildman–Crippen LogP) is 5.12. The third-order valence-electron chi connectivity index (χ3n) is 8.08. The monoisotopic (exact) mass is 607 g/mol. The number of benzene rings is 2. The van der Waals surface area contributed by atoms with Gasteiger partial charge in [-0.3, -0.25) is 4.90 Å². The van der Waals surface area contributed by atoms with Crippen molar-refractivity contribution in [2.45, 2.75) is 18.4 Å². The minimum Gasteiger partial charge on any atom is -0.493 e. The van der Waals surface area contributed by atoms with Crippen molar-refractivity contribution in [3.63, 3.8) is 0 Å². The van der Waals surface area contributed by atoms with E-state index >= 15 is 0 Å². The molecule has 0 radical (unpaired) electrons. The van der Waals surface area contributed by atoms with Crippen molar-refractivity contribution in [1.29, 1.82) is 0 Å². The van der Waals surface area contributed by atoms with E-state index in [1.807, 2.05) is 31.3 Å². The van der Waals surface area contributed by atoms with Gasteiger partial charge < -0.3 is 18.9 Å². The number of nitrogens with zero attached hydrogens (tertiary/aromatic N) is 5. The van der Waals surface area contributed by atoms with Crippen LogP contribution in [0.3, 0.4) is 0 Å². The first-order valence-corrected chi connectivity index (χ1v) is 15.7. The van der Waals surface area contributed by atoms with E-state index in [1.165, 1.54) is 10.2 Å². The zero-order valence-corrected chi connectivity index (χ0v) is 25.7. The van der Waals surface area contributed by atoms with Crippen molar-refractivity contribution in [1.82, 2.24) is 23.3 Å². The second kappa shape index (κ2) is 11.3. The maximum absolute atomic E-state index is 14.3. The minimum absolute atomic E-state index is 0.173. The Labute approximate surface area is 250 Å². The highest BCUT2D eigenvalue weighted by Gasteiger charge is 2.28. The average Bonchev–Trinajstić information content (AvgIpc) is 3.55. The Morgan fingerprint density at radius 1 is 0.905 bits per heavy atom. The van der Waals surface area contributed by atoms with Crippen LogP contribution in [0.25, 0.3) is 33.2 Å². The molecule has 0 N–H and O–H groups in total. The Balaban J connectivity index is 1.57. The Bertz CT molecular complexity index is 1870. The maximum atomic E-state index is 14.3. The van der Waals surface area contributed by atoms with Crippen LogP contribution in [0.2, 0.25) is 5.02 Å². The molecule has 0 spiro atoms. The van der Waals surface area contributed by atoms with E-state index in [0.717, 1.165) is 61.3 Å². The average molecular weight is 608 g/mol. The van der Waals surface area contributed by atoms with E-state index in [9.17, 15) is 8.42 Å². The van der Waals surface area contributed by atoms with E-state index in [1.54, 1.807) is 44.6 Å². The summed E-state index contributed by atoms with van der Waals surface area (Å²) in [5.74, 6) is 1.16. The SMILES string of the molecule is COc1cc2c(-c3cc4c(Cl)ccnc4n3S(=O)(=O)c3ccc(C)cc3)cn(CCN3CCN(C)CC3)c2cc1OC. The van der Waals surface area contributed by atoms with E-state index in [-0.39, 0.29) is 10.5 Å². The number of pyridine rings is 1. The molecule has 0 saturated carbocycles. The van der Waals surface area contributed by atoms with Gasteiger partial charge in [0.25, 0.3) is 10.0 Å². The maximum Gasteiger partial charge on any atom is 0.269 e. The molecule has 1 fully saturated rings. The predicted molar refractivity (Wildman–Crippen MR) is 166 cm³/mol. The topological polar surface area (TPSA) is 81.8 Å². The zero-order valence-electron chi connectivity index (χ0n) is 24.2. The normalized spacial score (nSPS) is 15.1. The van der Waals surface area contributed by atoms with Crippen molar-refractivity contribution in [3.8, 4) is 22.8 Å². The van der Waals surface area contributed by atoms with Crippen LogP contribution in [0.5, 0.6) is 11.5 Å². The largest absolute Gasteiger partial charge is 0.493 e. The number of hydrogen-bond acceptors (Lipinski definition) is 7. The highest BCUT2D eigenvalue weighted by Crippen LogP contribution is 2.42. The minimum atomic E-state index is -4.04. The van der Waals surface area contributed by atoms with Crippen LogP contribution in [0.15, 0.2) is 65.8 Å². The lowest BCUT2D eigenvalue weighted by molar-refractivity contribution is 0.150. The summed E-state index contributed by atoms with van der Waals surface area (Å²) in [4.78, 5) is 9.45. The van der Waals surface area contributed by atoms with Crippen LogP contribution in [0.4, 0.5) is 0 Å². The first-order chi connectivity index (χ1) is 20.2. The van der Waals surface area contributed by atoms with Crippen LogP contribution in [-0.2, 0) is 16.6 Å². The van der Waals surface area contributed by atoms with E-state index in [0.29, 0.717) is 27.6 Å². The lowest BCUT2D eigenvalue weighted by Crippen LogP contribution is -2.45. The molecule has 42 heavy (non-hydrogen) atoms. The van der Waals surface area contributed by atoms with Gasteiger partial charge in [-0.15, -0.1) is 0 Å². The van der Waals surface area contributed by atoms with Crippen molar-refractivity contribution >= 4 is 43.6 Å². The molecule has 4 heterocycles. The van der Waals surface area contributed by atoms with Crippen molar-refractivity contribution in [2.75, 3.05) is 54.0 Å². The molecule has 3 aromatic heterocycles. The Kier molecular flexibility index (Phi) is 7.65. The molecule has 9 nitrogen and oxygen atoms in total. The fourth-order valence-electron chi connectivity index (χ4n) is 5.62. The number of ether oxygens (including phenoxy) is 2. The van der Waals surface area contributed by atoms with Crippen molar-refractivity contribution in [3.05, 3.63) is 71.5 Å². The Hall–Kier alpha value is -3.57. The van der Waals surface area contributed by atoms with Gasteiger partial charge in [-0.1, -0.05) is 29.3 Å². The fraction of sp³-hybridized carbons (Fsp3) is 0.323. The summed E-state index contributed by atoms with van der Waals surface area (Å²) >= 11 is 6.60. The van der Waals surface area contributed by atoms with Crippen molar-refractivity contribution in [2.24, 2.45) is 0 Å². The first kappa shape index (κ1) is 28.5. The lowest BCUT2D eigenvalue weighted by Gasteiger charge is -2.32. The molecule has 0 bridgehead atoms. The lowest BCUT2D eigenvalue weighted by atomic mass is 10.1. The standard InChI is InChI=1S/C31H34ClN5O4S/c1-21-5-7-22(8-6-21)42(38,39)37-28(17-24-26(32)9-10-33-31(24)37)25-20-36(16-15-35-13-11-34(2)12-14-35)27-19-30(41-4)29(40-3)18-23(25)27/h5-10,17-20H,11-16H2,1-4H3. The molecular formula is C31H34ClN5O4S. The molecule has 5 aromatic rings. The van der Waals surface area contributed by atoms with Gasteiger partial charge in [0.15, 0.2) is 17.1 Å². The van der Waals surface area contributed by atoms with Gasteiger partial charge in [0.05, 0.1) is 35.3 Å². The molecule has 0 atom stereocenters. The van der Waals surface area contributed by atoms with Crippen molar-refractivity contribution < 1.29 is 17.9 Å². The number of rotatable bonds is 8. The number of piperazine rings is 1. The van der Waals surface area contributed by atoms with E-state index < -0.39 is 10.0 Å². The summed E-state index contributed by atoms with van der Waals surface area (Å²) in [6.07, 6.45) is 3.55. The molecule has 11 heteroatoms. The molecule has 1 aliphatic rings.